The zero-order chi connectivity index (χ0) is 33.9. The second-order valence-electron chi connectivity index (χ2n) is 12.2. The molecule has 0 bridgehead atoms. The number of ether oxygens (including phenoxy) is 2. The van der Waals surface area contributed by atoms with Crippen molar-refractivity contribution in [2.24, 2.45) is 9.98 Å². The normalized spacial score (nSPS) is 15.4. The zero-order valence-electron chi connectivity index (χ0n) is 29.9. The fourth-order valence-corrected chi connectivity index (χ4v) is 5.89. The molecule has 0 fully saturated rings. The molecular formula is C40H48N6O2Zn. The minimum atomic E-state index is 0. The first kappa shape index (κ1) is 37.5. The zero-order valence-corrected chi connectivity index (χ0v) is 32.9. The van der Waals surface area contributed by atoms with Gasteiger partial charge in [0.15, 0.2) is 0 Å². The molecule has 0 aliphatic carbocycles. The molecule has 4 aromatic heterocycles. The number of nitrogens with zero attached hydrogens (tertiary/aromatic N) is 4. The molecular weight excluding hydrogens is 662 g/mol. The van der Waals surface area contributed by atoms with Crippen LogP contribution in [0.1, 0.15) is 97.7 Å². The van der Waals surface area contributed by atoms with Crippen LogP contribution in [-0.4, -0.2) is 35.6 Å². The molecule has 6 rings (SSSR count). The molecule has 0 radical (unpaired) electrons. The minimum absolute atomic E-state index is 0. The fourth-order valence-electron chi connectivity index (χ4n) is 5.89. The van der Waals surface area contributed by atoms with Crippen molar-refractivity contribution >= 4 is 23.6 Å². The standard InChI is InChI=1S/2C20H24N3O.Zn/c2*1-4-5-6-8-15-11-16(22-14(15)2)12-19-20(24-3)13-18(23-19)17-9-7-10-21-17;/h2*7,9-13,22H,4-6,8H2,1-3H3;/q2*-1;+2. The Morgan fingerprint density at radius 3 is 1.45 bits per heavy atom. The molecule has 2 aliphatic heterocycles. The largest absolute Gasteiger partial charge is 2.00 e. The van der Waals surface area contributed by atoms with Gasteiger partial charge in [0.2, 0.25) is 0 Å². The van der Waals surface area contributed by atoms with E-state index in [0.717, 1.165) is 70.0 Å². The van der Waals surface area contributed by atoms with Crippen molar-refractivity contribution in [3.63, 3.8) is 0 Å². The van der Waals surface area contributed by atoms with Crippen LogP contribution < -0.4 is 9.97 Å². The average molecular weight is 710 g/mol. The molecule has 2 aliphatic rings. The number of rotatable bonds is 14. The molecule has 0 aromatic carbocycles. The van der Waals surface area contributed by atoms with Gasteiger partial charge in [-0.25, -0.2) is 9.98 Å². The minimum Gasteiger partial charge on any atom is -0.662 e. The summed E-state index contributed by atoms with van der Waals surface area (Å²) in [6.07, 6.45) is 21.3. The number of aromatic amines is 2. The van der Waals surface area contributed by atoms with Crippen LogP contribution in [0.25, 0.3) is 12.2 Å². The number of allylic oxidation sites excluding steroid dienone is 2. The Morgan fingerprint density at radius 1 is 0.673 bits per heavy atom. The van der Waals surface area contributed by atoms with E-state index >= 15 is 0 Å². The summed E-state index contributed by atoms with van der Waals surface area (Å²) in [5.74, 6) is 1.54. The number of aliphatic imine (C=N–C) groups is 2. The number of hydrogen-bond acceptors (Lipinski definition) is 4. The van der Waals surface area contributed by atoms with E-state index in [9.17, 15) is 0 Å². The van der Waals surface area contributed by atoms with Crippen molar-refractivity contribution < 1.29 is 29.0 Å². The molecule has 6 heterocycles. The maximum absolute atomic E-state index is 5.48. The Bertz CT molecular complexity index is 1690. The second-order valence-corrected chi connectivity index (χ2v) is 12.2. The van der Waals surface area contributed by atoms with Gasteiger partial charge < -0.3 is 29.4 Å². The smallest absolute Gasteiger partial charge is 0.662 e. The van der Waals surface area contributed by atoms with Crippen molar-refractivity contribution in [2.75, 3.05) is 14.2 Å². The van der Waals surface area contributed by atoms with E-state index in [1.807, 2.05) is 48.6 Å². The van der Waals surface area contributed by atoms with E-state index in [-0.39, 0.29) is 19.5 Å². The van der Waals surface area contributed by atoms with Crippen LogP contribution in [0.2, 0.25) is 0 Å². The van der Waals surface area contributed by atoms with Crippen LogP contribution in [-0.2, 0) is 41.8 Å². The molecule has 0 amide bonds. The summed E-state index contributed by atoms with van der Waals surface area (Å²) in [5.41, 5.74) is 12.5. The molecule has 0 spiro atoms. The van der Waals surface area contributed by atoms with Gasteiger partial charge in [-0.1, -0.05) is 63.8 Å². The Labute approximate surface area is 303 Å². The second kappa shape index (κ2) is 18.4. The third-order valence-electron chi connectivity index (χ3n) is 8.56. The molecule has 0 atom stereocenters. The molecule has 0 saturated heterocycles. The maximum Gasteiger partial charge on any atom is 2.00 e. The molecule has 252 valence electrons. The van der Waals surface area contributed by atoms with E-state index in [1.54, 1.807) is 26.6 Å². The van der Waals surface area contributed by atoms with E-state index < -0.39 is 0 Å². The van der Waals surface area contributed by atoms with Gasteiger partial charge in [0.05, 0.1) is 25.6 Å². The van der Waals surface area contributed by atoms with Gasteiger partial charge in [0, 0.05) is 34.9 Å². The van der Waals surface area contributed by atoms with Crippen LogP contribution in [0.3, 0.4) is 0 Å². The average Bonchev–Trinajstić information content (AvgIpc) is 3.93. The quantitative estimate of drug-likeness (QED) is 0.101. The topological polar surface area (TPSA) is 103 Å². The molecule has 8 nitrogen and oxygen atoms in total. The monoisotopic (exact) mass is 708 g/mol. The molecule has 0 saturated carbocycles. The number of aromatic nitrogens is 4. The van der Waals surface area contributed by atoms with Crippen LogP contribution in [0, 0.1) is 13.8 Å². The summed E-state index contributed by atoms with van der Waals surface area (Å²) in [7, 11) is 3.35. The van der Waals surface area contributed by atoms with E-state index in [0.29, 0.717) is 0 Å². The molecule has 2 N–H and O–H groups in total. The Balaban J connectivity index is 0.000000216. The van der Waals surface area contributed by atoms with Gasteiger partial charge in [-0.3, -0.25) is 0 Å². The van der Waals surface area contributed by atoms with Gasteiger partial charge in [0.1, 0.15) is 22.9 Å². The van der Waals surface area contributed by atoms with Crippen LogP contribution in [0.4, 0.5) is 0 Å². The third kappa shape index (κ3) is 9.85. The van der Waals surface area contributed by atoms with E-state index in [1.165, 1.54) is 61.0 Å². The predicted molar refractivity (Wildman–Crippen MR) is 196 cm³/mol. The van der Waals surface area contributed by atoms with Crippen molar-refractivity contribution in [3.8, 4) is 0 Å². The predicted octanol–water partition coefficient (Wildman–Crippen LogP) is 8.77. The number of aryl methyl sites for hydroxylation is 4. The van der Waals surface area contributed by atoms with Crippen LogP contribution in [0.15, 0.2) is 93.8 Å². The summed E-state index contributed by atoms with van der Waals surface area (Å²) < 4.78 is 11.0. The Hall–Kier alpha value is -4.36. The molecule has 9 heteroatoms. The van der Waals surface area contributed by atoms with Gasteiger partial charge in [-0.05, 0) is 74.9 Å². The molecule has 49 heavy (non-hydrogen) atoms. The SMILES string of the molecule is CCCCCc1cc(C=C2N=C(c3ccc[n-]3)C=C2OC)[nH]c1C.CCCCCc1cc(C=C2N=C(c3ccc[n-]3)C=C2OC)[nH]c1C.[Zn+2]. The number of methoxy groups -OCH3 is 2. The van der Waals surface area contributed by atoms with Crippen LogP contribution >= 0.6 is 0 Å². The van der Waals surface area contributed by atoms with Gasteiger partial charge in [-0.15, -0.1) is 11.4 Å². The van der Waals surface area contributed by atoms with Gasteiger partial charge in [0.25, 0.3) is 0 Å². The van der Waals surface area contributed by atoms with Crippen molar-refractivity contribution in [3.05, 3.63) is 129 Å². The first-order valence-electron chi connectivity index (χ1n) is 17.1. The summed E-state index contributed by atoms with van der Waals surface area (Å²) in [6, 6.07) is 12.2. The number of hydrogen-bond donors (Lipinski definition) is 2. The summed E-state index contributed by atoms with van der Waals surface area (Å²) >= 11 is 0. The first-order valence-corrected chi connectivity index (χ1v) is 17.1. The first-order chi connectivity index (χ1) is 23.4. The Morgan fingerprint density at radius 2 is 1.10 bits per heavy atom. The summed E-state index contributed by atoms with van der Waals surface area (Å²) in [4.78, 5) is 24.8. The van der Waals surface area contributed by atoms with E-state index in [4.69, 9.17) is 9.47 Å². The van der Waals surface area contributed by atoms with Gasteiger partial charge >= 0.3 is 19.5 Å². The van der Waals surface area contributed by atoms with Gasteiger partial charge in [-0.2, -0.15) is 12.4 Å². The summed E-state index contributed by atoms with van der Waals surface area (Å²) in [6.45, 7) is 8.73. The maximum atomic E-state index is 5.48. The molecule has 4 aromatic rings. The third-order valence-corrected chi connectivity index (χ3v) is 8.56. The van der Waals surface area contributed by atoms with Crippen molar-refractivity contribution in [1.29, 1.82) is 0 Å². The number of unbranched alkanes of at least 4 members (excludes halogenated alkanes) is 4. The summed E-state index contributed by atoms with van der Waals surface area (Å²) in [5, 5.41) is 0. The molecule has 0 unspecified atom stereocenters. The van der Waals surface area contributed by atoms with E-state index in [2.05, 4.69) is 69.7 Å². The Kier molecular flexibility index (Phi) is 14.1. The number of nitrogens with one attached hydrogen (secondary N) is 2. The van der Waals surface area contributed by atoms with Crippen LogP contribution in [0.5, 0.6) is 0 Å². The number of H-pyrrole nitrogens is 2. The van der Waals surface area contributed by atoms with Crippen molar-refractivity contribution in [1.82, 2.24) is 19.9 Å². The van der Waals surface area contributed by atoms with Crippen molar-refractivity contribution in [2.45, 2.75) is 79.1 Å². The fraction of sp³-hybridized carbons (Fsp3) is 0.350.